The molecule has 0 bridgehead atoms. The third-order valence-corrected chi connectivity index (χ3v) is 5.36. The third-order valence-electron chi connectivity index (χ3n) is 5.13. The smallest absolute Gasteiger partial charge is 0.126 e. The zero-order valence-electron chi connectivity index (χ0n) is 11.5. The summed E-state index contributed by atoms with van der Waals surface area (Å²) in [5, 5.41) is 11.1. The number of fused-ring (bicyclic) bond motifs is 1. The summed E-state index contributed by atoms with van der Waals surface area (Å²) >= 11 is 6.00. The van der Waals surface area contributed by atoms with E-state index in [-0.39, 0.29) is 5.60 Å². The molecule has 1 aliphatic carbocycles. The summed E-state index contributed by atoms with van der Waals surface area (Å²) in [4.78, 5) is 0. The van der Waals surface area contributed by atoms with E-state index >= 15 is 0 Å². The fourth-order valence-electron chi connectivity index (χ4n) is 3.72. The minimum absolute atomic E-state index is 0.197. The van der Waals surface area contributed by atoms with Gasteiger partial charge in [0, 0.05) is 17.0 Å². The van der Waals surface area contributed by atoms with E-state index in [9.17, 15) is 5.11 Å². The lowest BCUT2D eigenvalue weighted by molar-refractivity contribution is -0.0879. The van der Waals surface area contributed by atoms with Crippen LogP contribution in [-0.2, 0) is 0 Å². The fourth-order valence-corrected chi connectivity index (χ4v) is 3.90. The van der Waals surface area contributed by atoms with Crippen LogP contribution in [0.5, 0.6) is 5.75 Å². The highest BCUT2D eigenvalue weighted by Crippen LogP contribution is 2.50. The standard InChI is InChI=1S/C16H21ClO2/c1-10-4-3-7-16(11(10)2)9-14(18)13-8-12(17)5-6-15(13)19-16/h5-6,8,10-11,14,18H,3-4,7,9H2,1-2H3. The van der Waals surface area contributed by atoms with E-state index in [2.05, 4.69) is 13.8 Å². The van der Waals surface area contributed by atoms with Crippen molar-refractivity contribution in [1.29, 1.82) is 0 Å². The molecule has 0 radical (unpaired) electrons. The molecule has 3 heteroatoms. The molecule has 4 unspecified atom stereocenters. The topological polar surface area (TPSA) is 29.5 Å². The van der Waals surface area contributed by atoms with E-state index in [0.717, 1.165) is 17.7 Å². The average Bonchev–Trinajstić information content (AvgIpc) is 2.37. The maximum absolute atomic E-state index is 10.5. The summed E-state index contributed by atoms with van der Waals surface area (Å²) in [5.41, 5.74) is 0.640. The lowest BCUT2D eigenvalue weighted by Gasteiger charge is -2.49. The molecule has 104 valence electrons. The largest absolute Gasteiger partial charge is 0.486 e. The zero-order valence-corrected chi connectivity index (χ0v) is 12.3. The second-order valence-corrected chi connectivity index (χ2v) is 6.66. The molecule has 3 rings (SSSR count). The van der Waals surface area contributed by atoms with Gasteiger partial charge in [0.1, 0.15) is 11.4 Å². The van der Waals surface area contributed by atoms with Crippen molar-refractivity contribution in [2.75, 3.05) is 0 Å². The van der Waals surface area contributed by atoms with Gasteiger partial charge in [0.15, 0.2) is 0 Å². The van der Waals surface area contributed by atoms with E-state index in [0.29, 0.717) is 23.3 Å². The quantitative estimate of drug-likeness (QED) is 0.765. The Morgan fingerprint density at radius 1 is 1.37 bits per heavy atom. The molecule has 19 heavy (non-hydrogen) atoms. The molecule has 1 saturated carbocycles. The molecule has 2 aliphatic rings. The molecule has 1 fully saturated rings. The van der Waals surface area contributed by atoms with Crippen molar-refractivity contribution in [3.05, 3.63) is 28.8 Å². The van der Waals surface area contributed by atoms with E-state index in [1.807, 2.05) is 18.2 Å². The highest BCUT2D eigenvalue weighted by atomic mass is 35.5. The molecule has 1 heterocycles. The first-order valence-electron chi connectivity index (χ1n) is 7.18. The van der Waals surface area contributed by atoms with Crippen LogP contribution in [0.4, 0.5) is 0 Å². The Balaban J connectivity index is 1.98. The zero-order chi connectivity index (χ0) is 13.6. The highest BCUT2D eigenvalue weighted by Gasteiger charge is 2.48. The van der Waals surface area contributed by atoms with Crippen molar-refractivity contribution in [3.63, 3.8) is 0 Å². The number of halogens is 1. The monoisotopic (exact) mass is 280 g/mol. The normalized spacial score (nSPS) is 37.8. The molecule has 1 N–H and O–H groups in total. The Morgan fingerprint density at radius 3 is 2.95 bits per heavy atom. The Hall–Kier alpha value is -0.730. The molecule has 0 aromatic heterocycles. The molecule has 1 aromatic carbocycles. The minimum atomic E-state index is -0.463. The van der Waals surface area contributed by atoms with Gasteiger partial charge < -0.3 is 9.84 Å². The molecule has 2 nitrogen and oxygen atoms in total. The number of aliphatic hydroxyl groups excluding tert-OH is 1. The van der Waals surface area contributed by atoms with Crippen LogP contribution < -0.4 is 4.74 Å². The molecular weight excluding hydrogens is 260 g/mol. The molecule has 4 atom stereocenters. The van der Waals surface area contributed by atoms with Gasteiger partial charge in [-0.2, -0.15) is 0 Å². The van der Waals surface area contributed by atoms with Crippen molar-refractivity contribution in [2.24, 2.45) is 11.8 Å². The Kier molecular flexibility index (Phi) is 3.26. The van der Waals surface area contributed by atoms with Gasteiger partial charge in [-0.15, -0.1) is 0 Å². The summed E-state index contributed by atoms with van der Waals surface area (Å²) in [6, 6.07) is 5.56. The number of hydrogen-bond acceptors (Lipinski definition) is 2. The third kappa shape index (κ3) is 2.15. The SMILES string of the molecule is CC1CCCC2(CC(O)c3cc(Cl)ccc3O2)C1C. The van der Waals surface area contributed by atoms with Gasteiger partial charge >= 0.3 is 0 Å². The van der Waals surface area contributed by atoms with Crippen LogP contribution in [0.3, 0.4) is 0 Å². The Labute approximate surface area is 119 Å². The van der Waals surface area contributed by atoms with Crippen molar-refractivity contribution in [1.82, 2.24) is 0 Å². The molecule has 1 aromatic rings. The van der Waals surface area contributed by atoms with Gasteiger partial charge in [0.2, 0.25) is 0 Å². The lowest BCUT2D eigenvalue weighted by Crippen LogP contribution is -2.50. The molecule has 0 saturated heterocycles. The lowest BCUT2D eigenvalue weighted by atomic mass is 9.67. The van der Waals surface area contributed by atoms with Crippen molar-refractivity contribution in [3.8, 4) is 5.75 Å². The van der Waals surface area contributed by atoms with Gasteiger partial charge in [-0.3, -0.25) is 0 Å². The van der Waals surface area contributed by atoms with Crippen LogP contribution in [0.2, 0.25) is 5.02 Å². The summed E-state index contributed by atoms with van der Waals surface area (Å²) in [7, 11) is 0. The van der Waals surface area contributed by atoms with Crippen LogP contribution in [0, 0.1) is 11.8 Å². The maximum Gasteiger partial charge on any atom is 0.126 e. The first-order chi connectivity index (χ1) is 9.02. The first-order valence-corrected chi connectivity index (χ1v) is 7.56. The van der Waals surface area contributed by atoms with Gasteiger partial charge in [0.05, 0.1) is 6.10 Å². The summed E-state index contributed by atoms with van der Waals surface area (Å²) < 4.78 is 6.35. The first kappa shape index (κ1) is 13.3. The molecule has 0 amide bonds. The predicted octanol–water partition coefficient (Wildman–Crippen LogP) is 4.35. The summed E-state index contributed by atoms with van der Waals surface area (Å²) in [6.07, 6.45) is 3.70. The van der Waals surface area contributed by atoms with Crippen LogP contribution in [0.1, 0.15) is 51.2 Å². The average molecular weight is 281 g/mol. The van der Waals surface area contributed by atoms with Gasteiger partial charge in [-0.25, -0.2) is 0 Å². The van der Waals surface area contributed by atoms with E-state index in [1.165, 1.54) is 12.8 Å². The minimum Gasteiger partial charge on any atom is -0.486 e. The molecule has 1 aliphatic heterocycles. The van der Waals surface area contributed by atoms with Crippen LogP contribution in [0.25, 0.3) is 0 Å². The predicted molar refractivity (Wildman–Crippen MR) is 76.6 cm³/mol. The number of ether oxygens (including phenoxy) is 1. The van der Waals surface area contributed by atoms with E-state index in [4.69, 9.17) is 16.3 Å². The summed E-state index contributed by atoms with van der Waals surface area (Å²) in [5.74, 6) is 1.93. The second-order valence-electron chi connectivity index (χ2n) is 6.23. The Morgan fingerprint density at radius 2 is 2.16 bits per heavy atom. The van der Waals surface area contributed by atoms with Gasteiger partial charge in [-0.1, -0.05) is 31.9 Å². The number of aliphatic hydroxyl groups is 1. The maximum atomic E-state index is 10.5. The highest BCUT2D eigenvalue weighted by molar-refractivity contribution is 6.30. The van der Waals surface area contributed by atoms with Crippen molar-refractivity contribution in [2.45, 2.75) is 51.2 Å². The Bertz CT molecular complexity index is 488. The van der Waals surface area contributed by atoms with Crippen molar-refractivity contribution >= 4 is 11.6 Å². The molecule has 1 spiro atoms. The van der Waals surface area contributed by atoms with E-state index in [1.54, 1.807) is 0 Å². The van der Waals surface area contributed by atoms with Crippen LogP contribution in [-0.4, -0.2) is 10.7 Å². The van der Waals surface area contributed by atoms with E-state index < -0.39 is 6.10 Å². The van der Waals surface area contributed by atoms with Crippen molar-refractivity contribution < 1.29 is 9.84 Å². The van der Waals surface area contributed by atoms with Gasteiger partial charge in [0.25, 0.3) is 0 Å². The number of hydrogen-bond donors (Lipinski definition) is 1. The number of rotatable bonds is 0. The van der Waals surface area contributed by atoms with Crippen LogP contribution in [0.15, 0.2) is 18.2 Å². The number of benzene rings is 1. The summed E-state index contributed by atoms with van der Waals surface area (Å²) in [6.45, 7) is 4.55. The second kappa shape index (κ2) is 4.68. The van der Waals surface area contributed by atoms with Gasteiger partial charge in [-0.05, 0) is 42.9 Å². The van der Waals surface area contributed by atoms with Crippen LogP contribution >= 0.6 is 11.6 Å². The fraction of sp³-hybridized carbons (Fsp3) is 0.625. The molecular formula is C16H21ClO2.